The summed E-state index contributed by atoms with van der Waals surface area (Å²) in [6.45, 7) is 2.12. The second-order valence-electron chi connectivity index (χ2n) is 9.85. The van der Waals surface area contributed by atoms with Gasteiger partial charge < -0.3 is 10.6 Å². The highest BCUT2D eigenvalue weighted by Crippen LogP contribution is 2.32. The smallest absolute Gasteiger partial charge is 0.0420 e. The van der Waals surface area contributed by atoms with E-state index in [0.717, 1.165) is 19.5 Å². The standard InChI is InChI=1S/C32H38N2/c1-2-4-6-12-22-33-31-20-18-25(27-14-8-10-16-29(27)31)24-26-19-21-32(34-23-13-7-5-3-1)30-17-11-9-15-28(26)30/h8-11,14-21,33-34H,1-7,12-13,22-24H2. The van der Waals surface area contributed by atoms with Crippen molar-refractivity contribution >= 4 is 32.9 Å². The molecule has 34 heavy (non-hydrogen) atoms. The highest BCUT2D eigenvalue weighted by Gasteiger charge is 2.10. The van der Waals surface area contributed by atoms with Crippen LogP contribution in [0, 0.1) is 0 Å². The summed E-state index contributed by atoms with van der Waals surface area (Å²) in [6, 6.07) is 27.0. The van der Waals surface area contributed by atoms with Gasteiger partial charge in [0.05, 0.1) is 0 Å². The Bertz CT molecular complexity index is 1130. The number of rotatable bonds is 0. The maximum atomic E-state index is 3.73. The van der Waals surface area contributed by atoms with Crippen molar-refractivity contribution in [3.05, 3.63) is 83.9 Å². The van der Waals surface area contributed by atoms with Gasteiger partial charge in [0.2, 0.25) is 0 Å². The summed E-state index contributed by atoms with van der Waals surface area (Å²) in [4.78, 5) is 0. The Balaban J connectivity index is 1.48. The lowest BCUT2D eigenvalue weighted by atomic mass is 9.93. The molecule has 2 N–H and O–H groups in total. The molecule has 4 aromatic rings. The van der Waals surface area contributed by atoms with Crippen molar-refractivity contribution in [2.45, 2.75) is 64.2 Å². The molecule has 0 amide bonds. The molecule has 176 valence electrons. The van der Waals surface area contributed by atoms with E-state index in [9.17, 15) is 0 Å². The van der Waals surface area contributed by atoms with Gasteiger partial charge >= 0.3 is 0 Å². The average molecular weight is 451 g/mol. The maximum absolute atomic E-state index is 3.73. The lowest BCUT2D eigenvalue weighted by Crippen LogP contribution is -2.04. The molecule has 0 saturated carbocycles. The fraction of sp³-hybridized carbons (Fsp3) is 0.375. The Hall–Kier alpha value is -3.00. The minimum Gasteiger partial charge on any atom is -0.385 e. The van der Waals surface area contributed by atoms with Gasteiger partial charge in [-0.1, -0.05) is 106 Å². The predicted molar refractivity (Wildman–Crippen MR) is 149 cm³/mol. The molecule has 0 unspecified atom stereocenters. The molecular formula is C32H38N2. The molecule has 0 radical (unpaired) electrons. The van der Waals surface area contributed by atoms with E-state index in [-0.39, 0.29) is 0 Å². The van der Waals surface area contributed by atoms with Gasteiger partial charge in [0.25, 0.3) is 0 Å². The first kappa shape index (κ1) is 22.8. The number of hydrogen-bond donors (Lipinski definition) is 2. The largest absolute Gasteiger partial charge is 0.385 e. The molecule has 0 atom stereocenters. The van der Waals surface area contributed by atoms with Crippen LogP contribution in [0.25, 0.3) is 21.5 Å². The summed E-state index contributed by atoms with van der Waals surface area (Å²) in [7, 11) is 0. The first-order valence-electron chi connectivity index (χ1n) is 13.4. The van der Waals surface area contributed by atoms with Crippen LogP contribution in [0.2, 0.25) is 0 Å². The summed E-state index contributed by atoms with van der Waals surface area (Å²) in [5.74, 6) is 0. The van der Waals surface area contributed by atoms with Crippen LogP contribution < -0.4 is 10.6 Å². The van der Waals surface area contributed by atoms with Crippen LogP contribution in [0.15, 0.2) is 72.8 Å². The molecule has 1 aliphatic heterocycles. The van der Waals surface area contributed by atoms with Gasteiger partial charge in [-0.05, 0) is 53.3 Å². The van der Waals surface area contributed by atoms with Gasteiger partial charge in [-0.2, -0.15) is 0 Å². The van der Waals surface area contributed by atoms with Crippen molar-refractivity contribution < 1.29 is 0 Å². The van der Waals surface area contributed by atoms with Crippen LogP contribution >= 0.6 is 0 Å². The van der Waals surface area contributed by atoms with Crippen LogP contribution in [0.5, 0.6) is 0 Å². The van der Waals surface area contributed by atoms with Gasteiger partial charge in [0.15, 0.2) is 0 Å². The quantitative estimate of drug-likeness (QED) is 0.279. The maximum Gasteiger partial charge on any atom is 0.0420 e. The van der Waals surface area contributed by atoms with Gasteiger partial charge in [-0.15, -0.1) is 0 Å². The summed E-state index contributed by atoms with van der Waals surface area (Å²) in [5, 5.41) is 12.9. The van der Waals surface area contributed by atoms with E-state index in [2.05, 4.69) is 83.4 Å². The number of fused-ring (bicyclic) bond motifs is 12. The SMILES string of the molecule is c1ccc2c3ccc(c2c1)Cc1ccc(c2ccccc12)NCCCCCCCCCCCN3. The van der Waals surface area contributed by atoms with Crippen LogP contribution in [-0.4, -0.2) is 13.1 Å². The van der Waals surface area contributed by atoms with Crippen molar-refractivity contribution in [1.82, 2.24) is 0 Å². The predicted octanol–water partition coefficient (Wildman–Crippen LogP) is 8.93. The number of nitrogens with one attached hydrogen (secondary N) is 2. The second kappa shape index (κ2) is 11.4. The minimum absolute atomic E-state index is 0.946. The van der Waals surface area contributed by atoms with Gasteiger partial charge in [0.1, 0.15) is 0 Å². The Morgan fingerprint density at radius 1 is 0.382 bits per heavy atom. The molecule has 4 aromatic carbocycles. The zero-order chi connectivity index (χ0) is 23.0. The van der Waals surface area contributed by atoms with Crippen LogP contribution in [0.3, 0.4) is 0 Å². The normalized spacial score (nSPS) is 16.5. The fourth-order valence-corrected chi connectivity index (χ4v) is 5.48. The lowest BCUT2D eigenvalue weighted by Gasteiger charge is -2.16. The molecule has 2 heteroatoms. The molecule has 0 fully saturated rings. The van der Waals surface area contributed by atoms with E-state index < -0.39 is 0 Å². The Morgan fingerprint density at radius 2 is 0.765 bits per heavy atom. The fourth-order valence-electron chi connectivity index (χ4n) is 5.48. The molecule has 0 aromatic heterocycles. The molecule has 0 spiro atoms. The minimum atomic E-state index is 0.946. The first-order valence-corrected chi connectivity index (χ1v) is 13.4. The summed E-state index contributed by atoms with van der Waals surface area (Å²) < 4.78 is 0. The Labute approximate surface area is 204 Å². The Morgan fingerprint density at radius 3 is 1.21 bits per heavy atom. The van der Waals surface area contributed by atoms with E-state index in [1.165, 1.54) is 102 Å². The average Bonchev–Trinajstić information content (AvgIpc) is 2.88. The zero-order valence-corrected chi connectivity index (χ0v) is 20.4. The first-order chi connectivity index (χ1) is 16.9. The summed E-state index contributed by atoms with van der Waals surface area (Å²) in [5.41, 5.74) is 5.33. The molecule has 2 nitrogen and oxygen atoms in total. The van der Waals surface area contributed by atoms with Crippen LogP contribution in [0.4, 0.5) is 11.4 Å². The van der Waals surface area contributed by atoms with Crippen molar-refractivity contribution in [2.24, 2.45) is 0 Å². The van der Waals surface area contributed by atoms with Crippen LogP contribution in [-0.2, 0) is 6.42 Å². The van der Waals surface area contributed by atoms with Crippen LogP contribution in [0.1, 0.15) is 68.9 Å². The number of anilines is 2. The van der Waals surface area contributed by atoms with Crippen molar-refractivity contribution in [1.29, 1.82) is 0 Å². The van der Waals surface area contributed by atoms with E-state index in [1.54, 1.807) is 0 Å². The van der Waals surface area contributed by atoms with E-state index in [0.29, 0.717) is 0 Å². The molecular weight excluding hydrogens is 412 g/mol. The topological polar surface area (TPSA) is 24.1 Å². The summed E-state index contributed by atoms with van der Waals surface area (Å²) >= 11 is 0. The molecule has 5 rings (SSSR count). The zero-order valence-electron chi connectivity index (χ0n) is 20.4. The molecule has 1 aliphatic rings. The second-order valence-corrected chi connectivity index (χ2v) is 9.85. The monoisotopic (exact) mass is 450 g/mol. The molecule has 4 bridgehead atoms. The van der Waals surface area contributed by atoms with Crippen molar-refractivity contribution in [3.63, 3.8) is 0 Å². The van der Waals surface area contributed by atoms with Gasteiger partial charge in [-0.25, -0.2) is 0 Å². The molecule has 1 heterocycles. The summed E-state index contributed by atoms with van der Waals surface area (Å²) in [6.07, 6.45) is 13.0. The van der Waals surface area contributed by atoms with Crippen molar-refractivity contribution in [3.8, 4) is 0 Å². The van der Waals surface area contributed by atoms with E-state index in [4.69, 9.17) is 0 Å². The van der Waals surface area contributed by atoms with Gasteiger partial charge in [-0.3, -0.25) is 0 Å². The van der Waals surface area contributed by atoms with E-state index >= 15 is 0 Å². The molecule has 0 saturated heterocycles. The van der Waals surface area contributed by atoms with E-state index in [1.807, 2.05) is 0 Å². The highest BCUT2D eigenvalue weighted by molar-refractivity contribution is 5.98. The number of hydrogen-bond acceptors (Lipinski definition) is 2. The third-order valence-corrected chi connectivity index (χ3v) is 7.39. The third-order valence-electron chi connectivity index (χ3n) is 7.39. The lowest BCUT2D eigenvalue weighted by molar-refractivity contribution is 0.566. The highest BCUT2D eigenvalue weighted by atomic mass is 14.9. The van der Waals surface area contributed by atoms with Crippen molar-refractivity contribution in [2.75, 3.05) is 23.7 Å². The number of benzene rings is 4. The Kier molecular flexibility index (Phi) is 7.65. The molecule has 0 aliphatic carbocycles. The van der Waals surface area contributed by atoms with Gasteiger partial charge in [0, 0.05) is 35.2 Å². The third kappa shape index (κ3) is 5.38.